The van der Waals surface area contributed by atoms with E-state index >= 15 is 0 Å². The molecule has 10 heteroatoms. The van der Waals surface area contributed by atoms with Gasteiger partial charge in [-0.25, -0.2) is 17.5 Å². The quantitative estimate of drug-likeness (QED) is 0.334. The molecule has 0 spiro atoms. The Hall–Kier alpha value is -3.47. The monoisotopic (exact) mass is 479 g/mol. The standard InChI is InChI=1S/C23H21N5O3S2/c1-25-11-19(8-24)18-7-21-22(26-12-18)5-4-17-3-2-15(6-20(17)23(21)29)14-33(30,31)28-10-16-9-27-32-13-16/h2-9,11-13,24-25,28H,10,14H2,1H3/b19-11+,24-8?. The summed E-state index contributed by atoms with van der Waals surface area (Å²) < 4.78 is 31.6. The summed E-state index contributed by atoms with van der Waals surface area (Å²) in [5.74, 6) is -0.247. The minimum atomic E-state index is -3.61. The number of sulfonamides is 1. The summed E-state index contributed by atoms with van der Waals surface area (Å²) in [6, 6.07) is 10.3. The lowest BCUT2D eigenvalue weighted by Gasteiger charge is -2.06. The van der Waals surface area contributed by atoms with Gasteiger partial charge in [-0.15, -0.1) is 0 Å². The molecule has 0 aliphatic heterocycles. The molecule has 168 valence electrons. The molecule has 3 N–H and O–H groups in total. The molecule has 33 heavy (non-hydrogen) atoms. The average Bonchev–Trinajstić information content (AvgIpc) is 3.29. The van der Waals surface area contributed by atoms with Crippen LogP contribution in [0.25, 0.3) is 27.2 Å². The molecule has 0 aliphatic carbocycles. The van der Waals surface area contributed by atoms with Gasteiger partial charge in [-0.1, -0.05) is 18.2 Å². The molecule has 0 amide bonds. The van der Waals surface area contributed by atoms with Crippen LogP contribution in [0.2, 0.25) is 0 Å². The first-order valence-corrected chi connectivity index (χ1v) is 12.5. The van der Waals surface area contributed by atoms with Gasteiger partial charge >= 0.3 is 0 Å². The molecule has 0 radical (unpaired) electrons. The van der Waals surface area contributed by atoms with E-state index in [4.69, 9.17) is 5.41 Å². The van der Waals surface area contributed by atoms with Crippen LogP contribution >= 0.6 is 11.5 Å². The van der Waals surface area contributed by atoms with E-state index in [1.54, 1.807) is 67.4 Å². The van der Waals surface area contributed by atoms with E-state index < -0.39 is 10.0 Å². The second-order valence-electron chi connectivity index (χ2n) is 7.39. The van der Waals surface area contributed by atoms with Crippen LogP contribution in [-0.2, 0) is 22.3 Å². The molecule has 0 fully saturated rings. The summed E-state index contributed by atoms with van der Waals surface area (Å²) in [5, 5.41) is 13.8. The van der Waals surface area contributed by atoms with E-state index in [1.165, 1.54) is 17.7 Å². The average molecular weight is 480 g/mol. The van der Waals surface area contributed by atoms with Crippen LogP contribution < -0.4 is 15.5 Å². The molecule has 0 saturated heterocycles. The summed E-state index contributed by atoms with van der Waals surface area (Å²) in [6.07, 6.45) is 6.08. The fraction of sp³-hybridized carbons (Fsp3) is 0.130. The van der Waals surface area contributed by atoms with Gasteiger partial charge in [-0.2, -0.15) is 0 Å². The molecular formula is C23H21N5O3S2. The highest BCUT2D eigenvalue weighted by atomic mass is 32.2. The highest BCUT2D eigenvalue weighted by Crippen LogP contribution is 2.20. The van der Waals surface area contributed by atoms with Crippen LogP contribution in [0, 0.1) is 5.41 Å². The van der Waals surface area contributed by atoms with Crippen molar-refractivity contribution in [2.24, 2.45) is 0 Å². The highest BCUT2D eigenvalue weighted by Gasteiger charge is 2.13. The van der Waals surface area contributed by atoms with Crippen molar-refractivity contribution in [2.75, 3.05) is 7.05 Å². The predicted octanol–water partition coefficient (Wildman–Crippen LogP) is 3.03. The SMILES string of the molecule is CN/C=C(\C=N)c1cnc2ccc3ccc(CS(=O)(=O)NCc4cnsc4)cc3c(=O)c2c1. The third kappa shape index (κ3) is 5.14. The Kier molecular flexibility index (Phi) is 6.59. The van der Waals surface area contributed by atoms with Crippen LogP contribution in [0.3, 0.4) is 0 Å². The van der Waals surface area contributed by atoms with E-state index in [0.717, 1.165) is 5.56 Å². The number of nitrogens with one attached hydrogen (secondary N) is 3. The predicted molar refractivity (Wildman–Crippen MR) is 133 cm³/mol. The van der Waals surface area contributed by atoms with Crippen molar-refractivity contribution in [3.05, 3.63) is 87.3 Å². The number of benzene rings is 1. The molecule has 4 aromatic rings. The summed E-state index contributed by atoms with van der Waals surface area (Å²) in [6.45, 7) is 0.169. The number of hydrogen-bond donors (Lipinski definition) is 3. The number of fused-ring (bicyclic) bond motifs is 2. The molecule has 0 atom stereocenters. The van der Waals surface area contributed by atoms with Gasteiger partial charge in [-0.05, 0) is 46.2 Å². The molecule has 0 saturated carbocycles. The zero-order chi connectivity index (χ0) is 23.4. The molecule has 0 aliphatic rings. The number of nitrogens with zero attached hydrogens (tertiary/aromatic N) is 2. The van der Waals surface area contributed by atoms with Crippen molar-refractivity contribution in [1.29, 1.82) is 5.41 Å². The Morgan fingerprint density at radius 1 is 1.12 bits per heavy atom. The van der Waals surface area contributed by atoms with Gasteiger partial charge in [-0.3, -0.25) is 9.78 Å². The van der Waals surface area contributed by atoms with Crippen molar-refractivity contribution in [2.45, 2.75) is 12.3 Å². The van der Waals surface area contributed by atoms with Crippen LogP contribution in [0.1, 0.15) is 16.7 Å². The maximum Gasteiger partial charge on any atom is 0.216 e. The van der Waals surface area contributed by atoms with Crippen LogP contribution in [-0.4, -0.2) is 31.0 Å². The zero-order valence-corrected chi connectivity index (χ0v) is 19.3. The van der Waals surface area contributed by atoms with Crippen LogP contribution in [0.4, 0.5) is 0 Å². The number of rotatable bonds is 8. The van der Waals surface area contributed by atoms with Crippen molar-refractivity contribution in [1.82, 2.24) is 19.4 Å². The smallest absolute Gasteiger partial charge is 0.216 e. The lowest BCUT2D eigenvalue weighted by Crippen LogP contribution is -2.24. The second kappa shape index (κ2) is 9.57. The van der Waals surface area contributed by atoms with Crippen LogP contribution in [0.5, 0.6) is 0 Å². The lowest BCUT2D eigenvalue weighted by molar-refractivity contribution is 0.580. The summed E-state index contributed by atoms with van der Waals surface area (Å²) in [5.41, 5.74) is 2.80. The molecule has 0 unspecified atom stereocenters. The van der Waals surface area contributed by atoms with Crippen molar-refractivity contribution in [3.8, 4) is 0 Å². The fourth-order valence-corrected chi connectivity index (χ4v) is 5.08. The summed E-state index contributed by atoms with van der Waals surface area (Å²) in [4.78, 5) is 17.8. The van der Waals surface area contributed by atoms with E-state index in [0.29, 0.717) is 38.4 Å². The zero-order valence-electron chi connectivity index (χ0n) is 17.7. The van der Waals surface area contributed by atoms with Gasteiger partial charge in [0, 0.05) is 65.7 Å². The first-order chi connectivity index (χ1) is 15.9. The molecule has 2 aromatic heterocycles. The number of aromatic nitrogens is 2. The summed E-state index contributed by atoms with van der Waals surface area (Å²) >= 11 is 1.26. The normalized spacial score (nSPS) is 12.2. The van der Waals surface area contributed by atoms with Gasteiger partial charge in [0.25, 0.3) is 0 Å². The first-order valence-electron chi connectivity index (χ1n) is 10.00. The van der Waals surface area contributed by atoms with Gasteiger partial charge in [0.1, 0.15) is 0 Å². The Balaban J connectivity index is 1.74. The lowest BCUT2D eigenvalue weighted by atomic mass is 10.1. The topological polar surface area (TPSA) is 125 Å². The van der Waals surface area contributed by atoms with Gasteiger partial charge in [0.05, 0.1) is 11.3 Å². The number of pyridine rings is 1. The van der Waals surface area contributed by atoms with Gasteiger partial charge in [0.2, 0.25) is 10.0 Å². The highest BCUT2D eigenvalue weighted by molar-refractivity contribution is 7.88. The third-order valence-electron chi connectivity index (χ3n) is 5.07. The summed E-state index contributed by atoms with van der Waals surface area (Å²) in [7, 11) is -1.88. The molecular weight excluding hydrogens is 458 g/mol. The third-order valence-corrected chi connectivity index (χ3v) is 7.00. The Labute approximate surface area is 194 Å². The minimum absolute atomic E-state index is 0.169. The Morgan fingerprint density at radius 3 is 2.67 bits per heavy atom. The van der Waals surface area contributed by atoms with E-state index in [9.17, 15) is 13.2 Å². The largest absolute Gasteiger partial charge is 0.393 e. The molecule has 0 bridgehead atoms. The number of hydrogen-bond acceptors (Lipinski definition) is 8. The molecule has 8 nitrogen and oxygen atoms in total. The van der Waals surface area contributed by atoms with Gasteiger partial charge in [0.15, 0.2) is 5.43 Å². The van der Waals surface area contributed by atoms with Gasteiger partial charge < -0.3 is 10.7 Å². The van der Waals surface area contributed by atoms with Crippen molar-refractivity contribution < 1.29 is 8.42 Å². The van der Waals surface area contributed by atoms with Crippen molar-refractivity contribution >= 4 is 55.0 Å². The van der Waals surface area contributed by atoms with E-state index in [1.807, 2.05) is 0 Å². The Morgan fingerprint density at radius 2 is 1.94 bits per heavy atom. The van der Waals surface area contributed by atoms with E-state index in [-0.39, 0.29) is 17.7 Å². The maximum atomic E-state index is 13.4. The van der Waals surface area contributed by atoms with E-state index in [2.05, 4.69) is 19.4 Å². The Bertz CT molecular complexity index is 1530. The maximum absolute atomic E-state index is 13.4. The van der Waals surface area contributed by atoms with Crippen LogP contribution in [0.15, 0.2) is 65.2 Å². The molecule has 2 aromatic carbocycles. The minimum Gasteiger partial charge on any atom is -0.393 e. The van der Waals surface area contributed by atoms with Crippen molar-refractivity contribution in [3.63, 3.8) is 0 Å². The molecule has 2 heterocycles. The number of allylic oxidation sites excluding steroid dienone is 1. The second-order valence-corrected chi connectivity index (χ2v) is 9.85. The first kappa shape index (κ1) is 22.7. The fourth-order valence-electron chi connectivity index (χ4n) is 3.44. The molecule has 4 rings (SSSR count).